The van der Waals surface area contributed by atoms with Crippen LogP contribution in [0, 0.1) is 0 Å². The van der Waals surface area contributed by atoms with Crippen LogP contribution in [0.15, 0.2) is 66.7 Å². The van der Waals surface area contributed by atoms with Crippen LogP contribution < -0.4 is 5.32 Å². The number of nitrogens with one attached hydrogen (secondary N) is 2. The highest BCUT2D eigenvalue weighted by Gasteiger charge is 2.00. The first-order valence-corrected chi connectivity index (χ1v) is 12.2. The van der Waals surface area contributed by atoms with E-state index in [1.165, 1.54) is 24.0 Å². The number of halogens is 1. The van der Waals surface area contributed by atoms with E-state index in [9.17, 15) is 4.79 Å². The molecular weight excluding hydrogens is 446 g/mol. The van der Waals surface area contributed by atoms with Crippen LogP contribution in [0.5, 0.6) is 0 Å². The van der Waals surface area contributed by atoms with E-state index in [0.29, 0.717) is 5.15 Å². The van der Waals surface area contributed by atoms with E-state index in [-0.39, 0.29) is 5.91 Å². The third-order valence-corrected chi connectivity index (χ3v) is 4.94. The Labute approximate surface area is 210 Å². The predicted octanol–water partition coefficient (Wildman–Crippen LogP) is 6.22. The van der Waals surface area contributed by atoms with Gasteiger partial charge in [-0.15, -0.1) is 0 Å². The van der Waals surface area contributed by atoms with Gasteiger partial charge in [0.15, 0.2) is 0 Å². The maximum atomic E-state index is 11.1. The largest absolute Gasteiger partial charge is 0.400 e. The van der Waals surface area contributed by atoms with Crippen LogP contribution in [0.25, 0.3) is 10.9 Å². The molecule has 1 amide bonds. The molecule has 0 spiro atoms. The number of aliphatic hydroxyl groups excluding tert-OH is 1. The molecule has 0 aliphatic carbocycles. The van der Waals surface area contributed by atoms with Gasteiger partial charge in [0.25, 0.3) is 0 Å². The van der Waals surface area contributed by atoms with Gasteiger partial charge >= 0.3 is 0 Å². The number of aliphatic hydroxyl groups is 1. The molecule has 0 saturated carbocycles. The predicted molar refractivity (Wildman–Crippen MR) is 147 cm³/mol. The van der Waals surface area contributed by atoms with Gasteiger partial charge in [-0.25, -0.2) is 0 Å². The fraction of sp³-hybridized carbons (Fsp3) is 0.393. The fourth-order valence-corrected chi connectivity index (χ4v) is 3.24. The van der Waals surface area contributed by atoms with E-state index in [1.54, 1.807) is 13.1 Å². The summed E-state index contributed by atoms with van der Waals surface area (Å²) >= 11 is 5.73. The summed E-state index contributed by atoms with van der Waals surface area (Å²) in [6.07, 6.45) is 6.74. The molecular formula is C28H42ClN3O2. The van der Waals surface area contributed by atoms with E-state index >= 15 is 0 Å². The minimum absolute atomic E-state index is 0.0563. The van der Waals surface area contributed by atoms with Gasteiger partial charge < -0.3 is 20.3 Å². The summed E-state index contributed by atoms with van der Waals surface area (Å²) in [5, 5.41) is 11.4. The third-order valence-electron chi connectivity index (χ3n) is 4.74. The van der Waals surface area contributed by atoms with Crippen molar-refractivity contribution in [2.75, 3.05) is 27.7 Å². The van der Waals surface area contributed by atoms with E-state index in [4.69, 9.17) is 16.7 Å². The molecule has 0 atom stereocenters. The van der Waals surface area contributed by atoms with Crippen molar-refractivity contribution in [2.24, 2.45) is 0 Å². The Kier molecular flexibility index (Phi) is 18.3. The third kappa shape index (κ3) is 13.2. The number of carbonyl (C=O) groups excluding carboxylic acids is 1. The number of allylic oxidation sites excluding steroid dienone is 1. The molecule has 3 N–H and O–H groups in total. The summed E-state index contributed by atoms with van der Waals surface area (Å²) in [6.45, 7) is 8.36. The molecule has 3 rings (SSSR count). The average molecular weight is 488 g/mol. The van der Waals surface area contributed by atoms with E-state index < -0.39 is 0 Å². The quantitative estimate of drug-likeness (QED) is 0.330. The Morgan fingerprint density at radius 2 is 1.71 bits per heavy atom. The van der Waals surface area contributed by atoms with Gasteiger partial charge in [0.2, 0.25) is 5.91 Å². The topological polar surface area (TPSA) is 68.4 Å². The minimum atomic E-state index is -0.0563. The number of rotatable bonds is 8. The van der Waals surface area contributed by atoms with Gasteiger partial charge in [0, 0.05) is 31.6 Å². The zero-order valence-electron chi connectivity index (χ0n) is 21.6. The minimum Gasteiger partial charge on any atom is -0.400 e. The second-order valence-corrected chi connectivity index (χ2v) is 7.74. The number of benzene rings is 2. The molecule has 5 nitrogen and oxygen atoms in total. The Balaban J connectivity index is 0.000000643. The first-order valence-electron chi connectivity index (χ1n) is 11.8. The standard InChI is InChI=1S/C17H26N2O.C8H6ClN.C2H6.CH4O/c1-4-5-13-19(3)14-16-11-9-15(10-12-16)7-6-8-17(20)18-2;9-8-5-6-3-1-2-4-7(6)10-8;2*1-2/h6,8-12H,4-5,7,13-14H2,1-3H3,(H,18,20);1-5,10H;1-2H3;2H,1H3/b8-6+;;;. The number of unbranched alkanes of at least 4 members (excludes halogenated alkanes) is 1. The number of likely N-dealkylation sites (N-methyl/N-ethyl adjacent to an activating group) is 1. The maximum Gasteiger partial charge on any atom is 0.243 e. The molecule has 0 saturated heterocycles. The number of hydrogen-bond acceptors (Lipinski definition) is 3. The van der Waals surface area contributed by atoms with Crippen molar-refractivity contribution in [3.63, 3.8) is 0 Å². The van der Waals surface area contributed by atoms with Gasteiger partial charge in [0.1, 0.15) is 5.15 Å². The molecule has 0 bridgehead atoms. The molecule has 0 fully saturated rings. The zero-order chi connectivity index (χ0) is 25.8. The highest BCUT2D eigenvalue weighted by atomic mass is 35.5. The van der Waals surface area contributed by atoms with Crippen LogP contribution in [0.4, 0.5) is 0 Å². The summed E-state index contributed by atoms with van der Waals surface area (Å²) in [4.78, 5) is 16.4. The molecule has 3 aromatic rings. The lowest BCUT2D eigenvalue weighted by Crippen LogP contribution is -2.18. The van der Waals surface area contributed by atoms with Gasteiger partial charge in [0.05, 0.1) is 0 Å². The van der Waals surface area contributed by atoms with Crippen molar-refractivity contribution in [3.05, 3.63) is 83.0 Å². The lowest BCUT2D eigenvalue weighted by Gasteiger charge is -2.16. The fourth-order valence-electron chi connectivity index (χ4n) is 3.02. The lowest BCUT2D eigenvalue weighted by molar-refractivity contribution is -0.116. The van der Waals surface area contributed by atoms with Crippen LogP contribution in [-0.4, -0.2) is 48.6 Å². The van der Waals surface area contributed by atoms with Crippen molar-refractivity contribution >= 4 is 28.4 Å². The second-order valence-electron chi connectivity index (χ2n) is 7.33. The Morgan fingerprint density at radius 3 is 2.29 bits per heavy atom. The monoisotopic (exact) mass is 487 g/mol. The van der Waals surface area contributed by atoms with Crippen molar-refractivity contribution < 1.29 is 9.90 Å². The van der Waals surface area contributed by atoms with Gasteiger partial charge in [-0.2, -0.15) is 0 Å². The molecule has 0 aliphatic heterocycles. The first kappa shape index (κ1) is 31.4. The molecule has 0 unspecified atom stereocenters. The second kappa shape index (κ2) is 19.8. The Bertz CT molecular complexity index is 903. The smallest absolute Gasteiger partial charge is 0.243 e. The van der Waals surface area contributed by atoms with Crippen LogP contribution in [0.1, 0.15) is 44.7 Å². The number of aromatic nitrogens is 1. The Morgan fingerprint density at radius 1 is 1.09 bits per heavy atom. The summed E-state index contributed by atoms with van der Waals surface area (Å²) in [6, 6.07) is 18.5. The van der Waals surface area contributed by atoms with Gasteiger partial charge in [-0.1, -0.05) is 87.3 Å². The number of para-hydroxylation sites is 1. The average Bonchev–Trinajstić information content (AvgIpc) is 3.26. The molecule has 0 aliphatic rings. The number of H-pyrrole nitrogens is 1. The van der Waals surface area contributed by atoms with Crippen molar-refractivity contribution in [3.8, 4) is 0 Å². The summed E-state index contributed by atoms with van der Waals surface area (Å²) in [5.74, 6) is -0.0563. The van der Waals surface area contributed by atoms with Crippen LogP contribution >= 0.6 is 11.6 Å². The number of hydrogen-bond donors (Lipinski definition) is 3. The van der Waals surface area contributed by atoms with Crippen LogP contribution in [-0.2, 0) is 17.8 Å². The number of aromatic amines is 1. The van der Waals surface area contributed by atoms with E-state index in [1.807, 2.05) is 50.3 Å². The summed E-state index contributed by atoms with van der Waals surface area (Å²) in [7, 11) is 4.80. The van der Waals surface area contributed by atoms with Crippen LogP contribution in [0.2, 0.25) is 5.15 Å². The molecule has 6 heteroatoms. The highest BCUT2D eigenvalue weighted by Crippen LogP contribution is 2.17. The van der Waals surface area contributed by atoms with Crippen LogP contribution in [0.3, 0.4) is 0 Å². The number of amides is 1. The van der Waals surface area contributed by atoms with Crippen molar-refractivity contribution in [1.29, 1.82) is 0 Å². The Hall–Kier alpha value is -2.60. The number of carbonyl (C=O) groups is 1. The van der Waals surface area contributed by atoms with Gasteiger partial charge in [-0.3, -0.25) is 4.79 Å². The van der Waals surface area contributed by atoms with Crippen molar-refractivity contribution in [1.82, 2.24) is 15.2 Å². The number of nitrogens with zero attached hydrogens (tertiary/aromatic N) is 1. The molecule has 2 aromatic carbocycles. The maximum absolute atomic E-state index is 11.1. The normalized spacial score (nSPS) is 10.0. The first-order chi connectivity index (χ1) is 16.5. The zero-order valence-corrected chi connectivity index (χ0v) is 22.3. The lowest BCUT2D eigenvalue weighted by atomic mass is 10.1. The molecule has 34 heavy (non-hydrogen) atoms. The summed E-state index contributed by atoms with van der Waals surface area (Å²) in [5.41, 5.74) is 3.65. The highest BCUT2D eigenvalue weighted by molar-refractivity contribution is 6.30. The number of fused-ring (bicyclic) bond motifs is 1. The SMILES string of the molecule is CC.CCCCN(C)Cc1ccc(C/C=C/C(=O)NC)cc1.CO.Clc1cc2ccccc2[nH]1. The molecule has 1 aromatic heterocycles. The van der Waals surface area contributed by atoms with Gasteiger partial charge in [-0.05, 0) is 55.8 Å². The van der Waals surface area contributed by atoms with E-state index in [0.717, 1.165) is 37.5 Å². The summed E-state index contributed by atoms with van der Waals surface area (Å²) < 4.78 is 0. The molecule has 1 heterocycles. The van der Waals surface area contributed by atoms with E-state index in [2.05, 4.69) is 53.4 Å². The molecule has 0 radical (unpaired) electrons. The molecule has 188 valence electrons. The van der Waals surface area contributed by atoms with Crippen molar-refractivity contribution in [2.45, 2.75) is 46.6 Å².